The Morgan fingerprint density at radius 2 is 2.16 bits per heavy atom. The first kappa shape index (κ1) is 19.3. The van der Waals surface area contributed by atoms with Crippen LogP contribution in [0, 0.1) is 6.92 Å². The van der Waals surface area contributed by atoms with Crippen molar-refractivity contribution < 1.29 is 14.3 Å². The van der Waals surface area contributed by atoms with E-state index in [1.54, 1.807) is 31.6 Å². The molecule has 10 heteroatoms. The highest BCUT2D eigenvalue weighted by Crippen LogP contribution is 2.37. The van der Waals surface area contributed by atoms with Gasteiger partial charge in [-0.15, -0.1) is 0 Å². The molecule has 4 heterocycles. The number of benzene rings is 1. The van der Waals surface area contributed by atoms with Crippen molar-refractivity contribution in [3.05, 3.63) is 42.6 Å². The lowest BCUT2D eigenvalue weighted by molar-refractivity contribution is -0.122. The molecule has 1 amide bonds. The topological polar surface area (TPSA) is 106 Å². The van der Waals surface area contributed by atoms with Crippen molar-refractivity contribution in [2.24, 2.45) is 0 Å². The molecule has 1 aromatic carbocycles. The number of hydrogen-bond donors (Lipinski definition) is 2. The first-order valence-electron chi connectivity index (χ1n) is 9.96. The highest BCUT2D eigenvalue weighted by Gasteiger charge is 2.48. The number of ether oxygens (including phenoxy) is 2. The summed E-state index contributed by atoms with van der Waals surface area (Å²) in [6, 6.07) is 5.74. The highest BCUT2D eigenvalue weighted by atomic mass is 16.5. The second-order valence-corrected chi connectivity index (χ2v) is 7.74. The number of rotatable bonds is 4. The molecule has 2 N–H and O–H groups in total. The van der Waals surface area contributed by atoms with E-state index in [9.17, 15) is 4.79 Å². The first-order valence-corrected chi connectivity index (χ1v) is 9.96. The standard InChI is InChI=1S/C21H23N7O3/c1-13-10-28(12-23-13)15-5-4-14(8-17(15)30-3)24-20-22-9-16-18(25-20)26-21(6-7-31-11-21)19(29)27(16)2/h4-5,8-10,12H,6-7,11H2,1-3H3,(H2,22,24,25,26). The summed E-state index contributed by atoms with van der Waals surface area (Å²) in [5.74, 6) is 1.67. The van der Waals surface area contributed by atoms with Gasteiger partial charge in [-0.25, -0.2) is 9.97 Å². The molecule has 0 aliphatic carbocycles. The Bertz CT molecular complexity index is 1150. The lowest BCUT2D eigenvalue weighted by Gasteiger charge is -2.38. The van der Waals surface area contributed by atoms with Gasteiger partial charge in [-0.3, -0.25) is 4.79 Å². The third-order valence-corrected chi connectivity index (χ3v) is 5.65. The molecular weight excluding hydrogens is 398 g/mol. The van der Waals surface area contributed by atoms with Crippen LogP contribution < -0.4 is 20.3 Å². The number of aromatic nitrogens is 4. The number of hydrogen-bond acceptors (Lipinski definition) is 8. The van der Waals surface area contributed by atoms with E-state index in [0.717, 1.165) is 17.1 Å². The van der Waals surface area contributed by atoms with Crippen LogP contribution in [0.1, 0.15) is 12.1 Å². The van der Waals surface area contributed by atoms with Gasteiger partial charge < -0.3 is 29.6 Å². The van der Waals surface area contributed by atoms with Crippen molar-refractivity contribution in [2.75, 3.05) is 42.9 Å². The minimum atomic E-state index is -0.763. The number of methoxy groups -OCH3 is 1. The second-order valence-electron chi connectivity index (χ2n) is 7.74. The van der Waals surface area contributed by atoms with Crippen molar-refractivity contribution >= 4 is 29.0 Å². The van der Waals surface area contributed by atoms with Gasteiger partial charge in [0.1, 0.15) is 17.0 Å². The van der Waals surface area contributed by atoms with Crippen LogP contribution in [-0.4, -0.2) is 58.3 Å². The first-order chi connectivity index (χ1) is 15.0. The van der Waals surface area contributed by atoms with Gasteiger partial charge >= 0.3 is 0 Å². The summed E-state index contributed by atoms with van der Waals surface area (Å²) in [5.41, 5.74) is 2.45. The number of carbonyl (C=O) groups excluding carboxylic acids is 1. The normalized spacial score (nSPS) is 20.0. The SMILES string of the molecule is COc1cc(Nc2ncc3c(n2)NC2(CCOC2)C(=O)N3C)ccc1-n1cnc(C)c1. The predicted octanol–water partition coefficient (Wildman–Crippen LogP) is 2.27. The van der Waals surface area contributed by atoms with Crippen molar-refractivity contribution in [3.63, 3.8) is 0 Å². The van der Waals surface area contributed by atoms with Crippen molar-refractivity contribution in [1.82, 2.24) is 19.5 Å². The number of carbonyl (C=O) groups is 1. The predicted molar refractivity (Wildman–Crippen MR) is 115 cm³/mol. The van der Waals surface area contributed by atoms with Gasteiger partial charge in [-0.2, -0.15) is 4.98 Å². The van der Waals surface area contributed by atoms with Gasteiger partial charge in [0.25, 0.3) is 5.91 Å². The Morgan fingerprint density at radius 3 is 2.87 bits per heavy atom. The summed E-state index contributed by atoms with van der Waals surface area (Å²) in [4.78, 5) is 27.7. The number of imidazole rings is 1. The summed E-state index contributed by atoms with van der Waals surface area (Å²) < 4.78 is 13.0. The fourth-order valence-electron chi connectivity index (χ4n) is 3.97. The Morgan fingerprint density at radius 1 is 1.29 bits per heavy atom. The van der Waals surface area contributed by atoms with Crippen molar-refractivity contribution in [2.45, 2.75) is 18.9 Å². The maximum Gasteiger partial charge on any atom is 0.255 e. The lowest BCUT2D eigenvalue weighted by atomic mass is 9.94. The van der Waals surface area contributed by atoms with Crippen LogP contribution >= 0.6 is 0 Å². The summed E-state index contributed by atoms with van der Waals surface area (Å²) in [6.45, 7) is 2.81. The van der Waals surface area contributed by atoms with Crippen LogP contribution in [0.3, 0.4) is 0 Å². The molecule has 10 nitrogen and oxygen atoms in total. The number of fused-ring (bicyclic) bond motifs is 1. The van der Waals surface area contributed by atoms with Crippen LogP contribution in [-0.2, 0) is 9.53 Å². The third-order valence-electron chi connectivity index (χ3n) is 5.65. The molecule has 1 fully saturated rings. The van der Waals surface area contributed by atoms with E-state index in [-0.39, 0.29) is 5.91 Å². The van der Waals surface area contributed by atoms with E-state index >= 15 is 0 Å². The average molecular weight is 421 g/mol. The summed E-state index contributed by atoms with van der Waals surface area (Å²) in [5, 5.41) is 6.51. The highest BCUT2D eigenvalue weighted by molar-refractivity contribution is 6.07. The van der Waals surface area contributed by atoms with E-state index in [0.29, 0.717) is 42.8 Å². The zero-order chi connectivity index (χ0) is 21.6. The van der Waals surface area contributed by atoms with Crippen LogP contribution in [0.25, 0.3) is 5.69 Å². The molecule has 1 spiro atoms. The fourth-order valence-corrected chi connectivity index (χ4v) is 3.97. The molecule has 1 saturated heterocycles. The molecule has 1 atom stereocenters. The van der Waals surface area contributed by atoms with Gasteiger partial charge in [-0.05, 0) is 19.1 Å². The summed E-state index contributed by atoms with van der Waals surface area (Å²) >= 11 is 0. The Balaban J connectivity index is 1.43. The number of likely N-dealkylation sites (N-methyl/N-ethyl adjacent to an activating group) is 1. The Kier molecular flexibility index (Phi) is 4.51. The Hall–Kier alpha value is -3.66. The molecular formula is C21H23N7O3. The zero-order valence-electron chi connectivity index (χ0n) is 17.5. The summed E-state index contributed by atoms with van der Waals surface area (Å²) in [6.07, 6.45) is 5.93. The van der Waals surface area contributed by atoms with Crippen LogP contribution in [0.2, 0.25) is 0 Å². The number of anilines is 4. The molecule has 0 bridgehead atoms. The average Bonchev–Trinajstić information content (AvgIpc) is 3.42. The summed E-state index contributed by atoms with van der Waals surface area (Å²) in [7, 11) is 3.36. The molecule has 1 unspecified atom stereocenters. The maximum atomic E-state index is 12.8. The minimum absolute atomic E-state index is 0.0307. The van der Waals surface area contributed by atoms with E-state index < -0.39 is 5.54 Å². The fraction of sp³-hybridized carbons (Fsp3) is 0.333. The van der Waals surface area contributed by atoms with E-state index in [1.807, 2.05) is 35.9 Å². The maximum absolute atomic E-state index is 12.8. The molecule has 0 saturated carbocycles. The number of aryl methyl sites for hydroxylation is 1. The molecule has 2 aliphatic heterocycles. The van der Waals surface area contributed by atoms with Crippen molar-refractivity contribution in [3.8, 4) is 11.4 Å². The monoisotopic (exact) mass is 421 g/mol. The van der Waals surface area contributed by atoms with Crippen molar-refractivity contribution in [1.29, 1.82) is 0 Å². The van der Waals surface area contributed by atoms with E-state index in [1.165, 1.54) is 0 Å². The van der Waals surface area contributed by atoms with Gasteiger partial charge in [0.2, 0.25) is 5.95 Å². The molecule has 5 rings (SSSR count). The van der Waals surface area contributed by atoms with Gasteiger partial charge in [-0.1, -0.05) is 0 Å². The van der Waals surface area contributed by atoms with Crippen LogP contribution in [0.15, 0.2) is 36.9 Å². The molecule has 3 aromatic rings. The second kappa shape index (κ2) is 7.24. The smallest absolute Gasteiger partial charge is 0.255 e. The number of nitrogens with zero attached hydrogens (tertiary/aromatic N) is 5. The minimum Gasteiger partial charge on any atom is -0.494 e. The van der Waals surface area contributed by atoms with Gasteiger partial charge in [0, 0.05) is 38.0 Å². The lowest BCUT2D eigenvalue weighted by Crippen LogP contribution is -2.57. The number of nitrogens with one attached hydrogen (secondary N) is 2. The van der Waals surface area contributed by atoms with Gasteiger partial charge in [0.15, 0.2) is 5.82 Å². The van der Waals surface area contributed by atoms with Gasteiger partial charge in [0.05, 0.1) is 37.6 Å². The molecule has 2 aliphatic rings. The van der Waals surface area contributed by atoms with Crippen LogP contribution in [0.5, 0.6) is 5.75 Å². The Labute approximate surface area is 179 Å². The molecule has 31 heavy (non-hydrogen) atoms. The third kappa shape index (κ3) is 3.25. The molecule has 2 aromatic heterocycles. The van der Waals surface area contributed by atoms with E-state index in [2.05, 4.69) is 25.6 Å². The molecule has 160 valence electrons. The van der Waals surface area contributed by atoms with Crippen LogP contribution in [0.4, 0.5) is 23.1 Å². The molecule has 0 radical (unpaired) electrons. The quantitative estimate of drug-likeness (QED) is 0.661. The number of amides is 1. The van der Waals surface area contributed by atoms with E-state index in [4.69, 9.17) is 9.47 Å². The zero-order valence-corrected chi connectivity index (χ0v) is 17.5. The largest absolute Gasteiger partial charge is 0.494 e.